The lowest BCUT2D eigenvalue weighted by molar-refractivity contribution is 0.510. The number of anilines is 1. The molecule has 0 aromatic carbocycles. The Labute approximate surface area is 107 Å². The second-order valence-electron chi connectivity index (χ2n) is 4.62. The minimum Gasteiger partial charge on any atom is -0.379 e. The number of aromatic nitrogens is 4. The van der Waals surface area contributed by atoms with Crippen LogP contribution in [0.1, 0.15) is 27.2 Å². The maximum absolute atomic E-state index is 4.37. The fourth-order valence-electron chi connectivity index (χ4n) is 1.95. The molecule has 0 aliphatic heterocycles. The van der Waals surface area contributed by atoms with Gasteiger partial charge in [-0.15, -0.1) is 0 Å². The summed E-state index contributed by atoms with van der Waals surface area (Å²) >= 11 is 0. The Morgan fingerprint density at radius 3 is 2.83 bits per heavy atom. The van der Waals surface area contributed by atoms with Gasteiger partial charge in [0.2, 0.25) is 0 Å². The molecule has 0 radical (unpaired) electrons. The molecule has 0 saturated heterocycles. The third-order valence-corrected chi connectivity index (χ3v) is 3.01. The molecule has 5 heteroatoms. The first-order chi connectivity index (χ1) is 8.72. The van der Waals surface area contributed by atoms with Gasteiger partial charge in [0.05, 0.1) is 5.69 Å². The molecular formula is C13H19N5. The Kier molecular flexibility index (Phi) is 3.92. The third kappa shape index (κ3) is 2.67. The van der Waals surface area contributed by atoms with Gasteiger partial charge < -0.3 is 5.32 Å². The summed E-state index contributed by atoms with van der Waals surface area (Å²) in [7, 11) is 0. The summed E-state index contributed by atoms with van der Waals surface area (Å²) in [5, 5.41) is 7.66. The van der Waals surface area contributed by atoms with Gasteiger partial charge in [0, 0.05) is 12.2 Å². The normalized spacial score (nSPS) is 12.7. The molecule has 1 N–H and O–H groups in total. The van der Waals surface area contributed by atoms with Crippen LogP contribution in [0.2, 0.25) is 0 Å². The van der Waals surface area contributed by atoms with E-state index in [-0.39, 0.29) is 0 Å². The van der Waals surface area contributed by atoms with Crippen molar-refractivity contribution in [2.75, 3.05) is 5.32 Å². The van der Waals surface area contributed by atoms with Gasteiger partial charge in [0.15, 0.2) is 5.82 Å². The Balaban J connectivity index is 2.28. The van der Waals surface area contributed by atoms with Crippen molar-refractivity contribution in [2.45, 2.75) is 33.2 Å². The van der Waals surface area contributed by atoms with E-state index in [9.17, 15) is 0 Å². The molecule has 0 spiro atoms. The highest BCUT2D eigenvalue weighted by Gasteiger charge is 2.14. The number of hydrogen-bond donors (Lipinski definition) is 1. The maximum Gasteiger partial charge on any atom is 0.178 e. The molecule has 0 aliphatic carbocycles. The molecule has 1 unspecified atom stereocenters. The van der Waals surface area contributed by atoms with Crippen LogP contribution in [0.15, 0.2) is 31.0 Å². The van der Waals surface area contributed by atoms with Gasteiger partial charge in [-0.25, -0.2) is 14.6 Å². The third-order valence-electron chi connectivity index (χ3n) is 3.01. The summed E-state index contributed by atoms with van der Waals surface area (Å²) in [5.41, 5.74) is 0.989. The van der Waals surface area contributed by atoms with Crippen molar-refractivity contribution in [3.8, 4) is 5.82 Å². The highest BCUT2D eigenvalue weighted by Crippen LogP contribution is 2.20. The fourth-order valence-corrected chi connectivity index (χ4v) is 1.95. The molecule has 96 valence electrons. The largest absolute Gasteiger partial charge is 0.379 e. The number of nitrogens with zero attached hydrogens (tertiary/aromatic N) is 4. The van der Waals surface area contributed by atoms with E-state index in [4.69, 9.17) is 0 Å². The van der Waals surface area contributed by atoms with E-state index >= 15 is 0 Å². The van der Waals surface area contributed by atoms with Crippen molar-refractivity contribution in [1.82, 2.24) is 19.7 Å². The number of pyridine rings is 1. The van der Waals surface area contributed by atoms with E-state index in [0.717, 1.165) is 17.9 Å². The van der Waals surface area contributed by atoms with E-state index in [0.29, 0.717) is 12.0 Å². The van der Waals surface area contributed by atoms with Gasteiger partial charge in [-0.3, -0.25) is 0 Å². The van der Waals surface area contributed by atoms with Gasteiger partial charge in [-0.2, -0.15) is 5.10 Å². The van der Waals surface area contributed by atoms with Gasteiger partial charge in [-0.05, 0) is 24.5 Å². The van der Waals surface area contributed by atoms with E-state index in [2.05, 4.69) is 41.2 Å². The fraction of sp³-hybridized carbons (Fsp3) is 0.462. The lowest BCUT2D eigenvalue weighted by atomic mass is 10.0. The van der Waals surface area contributed by atoms with Gasteiger partial charge >= 0.3 is 0 Å². The second kappa shape index (κ2) is 5.62. The Morgan fingerprint density at radius 2 is 2.22 bits per heavy atom. The summed E-state index contributed by atoms with van der Waals surface area (Å²) in [6.07, 6.45) is 6.00. The van der Waals surface area contributed by atoms with Crippen molar-refractivity contribution in [1.29, 1.82) is 0 Å². The summed E-state index contributed by atoms with van der Waals surface area (Å²) in [6.45, 7) is 6.61. The lowest BCUT2D eigenvalue weighted by Crippen LogP contribution is -2.25. The minimum atomic E-state index is 0.427. The molecule has 0 bridgehead atoms. The zero-order valence-corrected chi connectivity index (χ0v) is 11.0. The van der Waals surface area contributed by atoms with Crippen LogP contribution in [0.25, 0.3) is 5.82 Å². The van der Waals surface area contributed by atoms with Crippen LogP contribution in [0, 0.1) is 5.92 Å². The highest BCUT2D eigenvalue weighted by atomic mass is 15.3. The topological polar surface area (TPSA) is 55.6 Å². The average molecular weight is 245 g/mol. The monoisotopic (exact) mass is 245 g/mol. The highest BCUT2D eigenvalue weighted by molar-refractivity contribution is 5.56. The van der Waals surface area contributed by atoms with Crippen LogP contribution in [-0.4, -0.2) is 25.8 Å². The lowest BCUT2D eigenvalue weighted by Gasteiger charge is -2.23. The van der Waals surface area contributed by atoms with Crippen molar-refractivity contribution in [2.24, 2.45) is 5.92 Å². The summed E-state index contributed by atoms with van der Waals surface area (Å²) in [6, 6.07) is 4.38. The molecule has 0 fully saturated rings. The van der Waals surface area contributed by atoms with Crippen molar-refractivity contribution in [3.05, 3.63) is 31.0 Å². The first kappa shape index (κ1) is 12.5. The van der Waals surface area contributed by atoms with E-state index in [1.54, 1.807) is 17.2 Å². The number of rotatable bonds is 5. The molecule has 0 amide bonds. The van der Waals surface area contributed by atoms with E-state index < -0.39 is 0 Å². The molecule has 2 rings (SSSR count). The molecule has 18 heavy (non-hydrogen) atoms. The molecule has 0 aliphatic rings. The minimum absolute atomic E-state index is 0.427. The summed E-state index contributed by atoms with van der Waals surface area (Å²) < 4.78 is 1.68. The Bertz CT molecular complexity index is 478. The van der Waals surface area contributed by atoms with Gasteiger partial charge in [-0.1, -0.05) is 20.8 Å². The van der Waals surface area contributed by atoms with Crippen LogP contribution in [0.4, 0.5) is 5.69 Å². The maximum atomic E-state index is 4.37. The molecule has 1 atom stereocenters. The Hall–Kier alpha value is -1.91. The quantitative estimate of drug-likeness (QED) is 0.879. The first-order valence-corrected chi connectivity index (χ1v) is 6.29. The Morgan fingerprint density at radius 1 is 1.39 bits per heavy atom. The average Bonchev–Trinajstić information content (AvgIpc) is 2.89. The molecule has 2 aromatic heterocycles. The predicted octanol–water partition coefficient (Wildman–Crippen LogP) is 2.51. The number of hydrogen-bond acceptors (Lipinski definition) is 4. The SMILES string of the molecule is CCC(Nc1cccnc1-n1cncn1)C(C)C. The van der Waals surface area contributed by atoms with Crippen molar-refractivity contribution in [3.63, 3.8) is 0 Å². The van der Waals surface area contributed by atoms with Crippen LogP contribution in [0.3, 0.4) is 0 Å². The molecule has 2 heterocycles. The van der Waals surface area contributed by atoms with Crippen molar-refractivity contribution >= 4 is 5.69 Å². The van der Waals surface area contributed by atoms with Crippen molar-refractivity contribution < 1.29 is 0 Å². The second-order valence-corrected chi connectivity index (χ2v) is 4.62. The zero-order valence-electron chi connectivity index (χ0n) is 11.0. The van der Waals surface area contributed by atoms with Crippen LogP contribution in [0.5, 0.6) is 0 Å². The molecule has 0 saturated carbocycles. The first-order valence-electron chi connectivity index (χ1n) is 6.29. The molecule has 2 aromatic rings. The van der Waals surface area contributed by atoms with Gasteiger partial charge in [0.1, 0.15) is 12.7 Å². The van der Waals surface area contributed by atoms with Crippen LogP contribution < -0.4 is 5.32 Å². The molecular weight excluding hydrogens is 226 g/mol. The zero-order chi connectivity index (χ0) is 13.0. The summed E-state index contributed by atoms with van der Waals surface area (Å²) in [5.74, 6) is 1.35. The van der Waals surface area contributed by atoms with E-state index in [1.165, 1.54) is 6.33 Å². The standard InChI is InChI=1S/C13H19N5/c1-4-11(10(2)3)17-12-6-5-7-15-13(12)18-9-14-8-16-18/h5-11,17H,4H2,1-3H3. The predicted molar refractivity (Wildman–Crippen MR) is 71.7 cm³/mol. The van der Waals surface area contributed by atoms with Gasteiger partial charge in [0.25, 0.3) is 0 Å². The molecule has 5 nitrogen and oxygen atoms in total. The van der Waals surface area contributed by atoms with E-state index in [1.807, 2.05) is 12.1 Å². The number of nitrogens with one attached hydrogen (secondary N) is 1. The summed E-state index contributed by atoms with van der Waals surface area (Å²) in [4.78, 5) is 8.32. The smallest absolute Gasteiger partial charge is 0.178 e. The van der Waals surface area contributed by atoms with Crippen LogP contribution in [-0.2, 0) is 0 Å². The van der Waals surface area contributed by atoms with Crippen LogP contribution >= 0.6 is 0 Å².